The minimum absolute atomic E-state index is 0.120. The zero-order chi connectivity index (χ0) is 36.0. The molecular formula is C39H43NO10. The Hall–Kier alpha value is -5.71. The molecule has 3 aromatic rings. The molecule has 0 bridgehead atoms. The quantitative estimate of drug-likeness (QED) is 0.0280. The number of carbonyl (C=O) groups excluding carboxylic acids is 4. The lowest BCUT2D eigenvalue weighted by Crippen LogP contribution is -2.11. The molecule has 3 aromatic carbocycles. The molecule has 0 spiro atoms. The summed E-state index contributed by atoms with van der Waals surface area (Å²) in [5, 5.41) is 7.81. The van der Waals surface area contributed by atoms with Gasteiger partial charge in [-0.25, -0.2) is 19.2 Å². The lowest BCUT2D eigenvalue weighted by molar-refractivity contribution is -0.138. The van der Waals surface area contributed by atoms with Gasteiger partial charge in [-0.2, -0.15) is 0 Å². The molecule has 11 nitrogen and oxygen atoms in total. The van der Waals surface area contributed by atoms with Crippen LogP contribution < -0.4 is 14.2 Å². The minimum Gasteiger partial charge on any atom is -0.494 e. The number of hydrogen-bond donors (Lipinski definition) is 1. The van der Waals surface area contributed by atoms with Crippen LogP contribution in [0.2, 0.25) is 0 Å². The molecule has 0 aliphatic heterocycles. The molecule has 0 heterocycles. The number of ether oxygens (including phenoxy) is 6. The molecule has 3 rings (SSSR count). The van der Waals surface area contributed by atoms with Crippen LogP contribution in [0.25, 0.3) is 0 Å². The van der Waals surface area contributed by atoms with Crippen molar-refractivity contribution in [1.82, 2.24) is 0 Å². The van der Waals surface area contributed by atoms with Crippen LogP contribution in [-0.4, -0.2) is 63.1 Å². The molecule has 0 atom stereocenters. The van der Waals surface area contributed by atoms with Gasteiger partial charge < -0.3 is 33.8 Å². The summed E-state index contributed by atoms with van der Waals surface area (Å²) < 4.78 is 32.3. The lowest BCUT2D eigenvalue weighted by atomic mass is 10.1. The van der Waals surface area contributed by atoms with Crippen LogP contribution in [0, 0.1) is 5.41 Å². The highest BCUT2D eigenvalue weighted by atomic mass is 16.5. The third kappa shape index (κ3) is 14.2. The number of hydrogen-bond acceptors (Lipinski definition) is 11. The highest BCUT2D eigenvalue weighted by molar-refractivity contribution is 5.93. The van der Waals surface area contributed by atoms with Gasteiger partial charge in [0.2, 0.25) is 0 Å². The van der Waals surface area contributed by atoms with Crippen molar-refractivity contribution < 1.29 is 47.6 Å². The van der Waals surface area contributed by atoms with E-state index in [4.69, 9.17) is 33.8 Å². The first-order chi connectivity index (χ1) is 24.3. The van der Waals surface area contributed by atoms with Gasteiger partial charge in [0.05, 0.1) is 44.2 Å². The van der Waals surface area contributed by atoms with Gasteiger partial charge in [0.1, 0.15) is 17.2 Å². The van der Waals surface area contributed by atoms with E-state index in [-0.39, 0.29) is 12.4 Å². The average molecular weight is 686 g/mol. The van der Waals surface area contributed by atoms with Crippen molar-refractivity contribution in [1.29, 1.82) is 5.41 Å². The maximum Gasteiger partial charge on any atom is 0.343 e. The molecule has 0 aromatic heterocycles. The van der Waals surface area contributed by atoms with E-state index in [0.717, 1.165) is 62.5 Å². The summed E-state index contributed by atoms with van der Waals surface area (Å²) in [5.74, 6) is -0.413. The molecule has 0 aliphatic rings. The Bertz CT molecular complexity index is 1580. The molecule has 0 unspecified atom stereocenters. The van der Waals surface area contributed by atoms with Crippen molar-refractivity contribution >= 4 is 30.1 Å². The molecule has 11 heteroatoms. The number of nitrogens with one attached hydrogen (secondary N) is 1. The summed E-state index contributed by atoms with van der Waals surface area (Å²) >= 11 is 0. The highest BCUT2D eigenvalue weighted by Gasteiger charge is 2.13. The van der Waals surface area contributed by atoms with Crippen LogP contribution in [-0.2, 0) is 30.2 Å². The van der Waals surface area contributed by atoms with E-state index in [0.29, 0.717) is 61.0 Å². The van der Waals surface area contributed by atoms with E-state index in [1.54, 1.807) is 66.7 Å². The molecule has 50 heavy (non-hydrogen) atoms. The predicted octanol–water partition coefficient (Wildman–Crippen LogP) is 6.86. The van der Waals surface area contributed by atoms with Crippen molar-refractivity contribution in [2.24, 2.45) is 0 Å². The van der Waals surface area contributed by atoms with Gasteiger partial charge in [0.15, 0.2) is 0 Å². The third-order valence-corrected chi connectivity index (χ3v) is 7.17. The van der Waals surface area contributed by atoms with Crippen molar-refractivity contribution in [2.45, 2.75) is 44.9 Å². The summed E-state index contributed by atoms with van der Waals surface area (Å²) in [6.45, 7) is 8.50. The van der Waals surface area contributed by atoms with E-state index >= 15 is 0 Å². The average Bonchev–Trinajstić information content (AvgIpc) is 3.14. The van der Waals surface area contributed by atoms with E-state index in [1.165, 1.54) is 0 Å². The standard InChI is InChI=1S/C39H43NO10/c1-3-36(41)47-24-9-5-7-22-45-33-16-12-30(13-17-33)38(43)49-26-21-29-11-20-35(32(27-29)28-40)50-39(44)31-14-18-34(19-15-31)46-23-8-6-10-25-48-37(42)4-2/h3-4,11-20,27-28,40H,1-2,5-10,21-26H2. The number of rotatable bonds is 23. The molecule has 0 saturated carbocycles. The van der Waals surface area contributed by atoms with Crippen LogP contribution in [0.1, 0.15) is 70.4 Å². The number of carbonyl (C=O) groups is 4. The maximum atomic E-state index is 12.8. The maximum absolute atomic E-state index is 12.8. The molecule has 0 fully saturated rings. The first kappa shape index (κ1) is 38.7. The molecule has 264 valence electrons. The zero-order valence-electron chi connectivity index (χ0n) is 28.1. The fraction of sp³-hybridized carbons (Fsp3) is 0.308. The van der Waals surface area contributed by atoms with Crippen LogP contribution in [0.15, 0.2) is 92.0 Å². The van der Waals surface area contributed by atoms with Crippen LogP contribution in [0.4, 0.5) is 0 Å². The molecule has 1 N–H and O–H groups in total. The normalized spacial score (nSPS) is 10.3. The summed E-state index contributed by atoms with van der Waals surface area (Å²) in [5.41, 5.74) is 1.93. The van der Waals surface area contributed by atoms with Crippen LogP contribution in [0.3, 0.4) is 0 Å². The topological polar surface area (TPSA) is 148 Å². The van der Waals surface area contributed by atoms with Crippen LogP contribution >= 0.6 is 0 Å². The number of benzene rings is 3. The molecule has 0 radical (unpaired) electrons. The Labute approximate surface area is 292 Å². The second-order valence-electron chi connectivity index (χ2n) is 10.9. The summed E-state index contributed by atoms with van der Waals surface area (Å²) in [6, 6.07) is 18.4. The monoisotopic (exact) mass is 685 g/mol. The summed E-state index contributed by atoms with van der Waals surface area (Å²) in [7, 11) is 0. The van der Waals surface area contributed by atoms with Gasteiger partial charge >= 0.3 is 23.9 Å². The molecule has 0 saturated heterocycles. The van der Waals surface area contributed by atoms with Gasteiger partial charge in [-0.1, -0.05) is 19.2 Å². The smallest absolute Gasteiger partial charge is 0.343 e. The van der Waals surface area contributed by atoms with E-state index < -0.39 is 23.9 Å². The van der Waals surface area contributed by atoms with Crippen molar-refractivity contribution in [2.75, 3.05) is 33.0 Å². The van der Waals surface area contributed by atoms with E-state index in [9.17, 15) is 19.2 Å². The Kier molecular flexibility index (Phi) is 17.1. The highest BCUT2D eigenvalue weighted by Crippen LogP contribution is 2.22. The molecule has 0 amide bonds. The number of unbranched alkanes of at least 4 members (excludes halogenated alkanes) is 4. The first-order valence-corrected chi connectivity index (χ1v) is 16.4. The Morgan fingerprint density at radius 3 is 1.58 bits per heavy atom. The van der Waals surface area contributed by atoms with Gasteiger partial charge in [0, 0.05) is 30.4 Å². The van der Waals surface area contributed by atoms with Gasteiger partial charge in [-0.15, -0.1) is 0 Å². The summed E-state index contributed by atoms with van der Waals surface area (Å²) in [6.07, 6.45) is 8.51. The SMILES string of the molecule is C=CC(=O)OCCCCCOc1ccc(C(=O)OCCc2ccc(OC(=O)c3ccc(OCCCCCOC(=O)C=C)cc3)c(C=N)c2)cc1. The van der Waals surface area contributed by atoms with Crippen molar-refractivity contribution in [3.8, 4) is 17.2 Å². The van der Waals surface area contributed by atoms with Gasteiger partial charge in [-0.3, -0.25) is 0 Å². The van der Waals surface area contributed by atoms with E-state index in [2.05, 4.69) is 13.2 Å². The fourth-order valence-corrected chi connectivity index (χ4v) is 4.44. The second-order valence-corrected chi connectivity index (χ2v) is 10.9. The van der Waals surface area contributed by atoms with Crippen LogP contribution in [0.5, 0.6) is 17.2 Å². The molecule has 0 aliphatic carbocycles. The van der Waals surface area contributed by atoms with Crippen molar-refractivity contribution in [3.05, 3.63) is 114 Å². The first-order valence-electron chi connectivity index (χ1n) is 16.4. The van der Waals surface area contributed by atoms with E-state index in [1.807, 2.05) is 0 Å². The fourth-order valence-electron chi connectivity index (χ4n) is 4.44. The Balaban J connectivity index is 1.36. The minimum atomic E-state index is -0.574. The number of esters is 4. The van der Waals surface area contributed by atoms with Gasteiger partial charge in [-0.05, 0) is 105 Å². The van der Waals surface area contributed by atoms with Crippen molar-refractivity contribution in [3.63, 3.8) is 0 Å². The largest absolute Gasteiger partial charge is 0.494 e. The van der Waals surface area contributed by atoms with Gasteiger partial charge in [0.25, 0.3) is 0 Å². The zero-order valence-corrected chi connectivity index (χ0v) is 28.1. The molecular weight excluding hydrogens is 642 g/mol. The predicted molar refractivity (Wildman–Crippen MR) is 187 cm³/mol. The third-order valence-electron chi connectivity index (χ3n) is 7.17. The lowest BCUT2D eigenvalue weighted by Gasteiger charge is -2.11. The Morgan fingerprint density at radius 1 is 0.580 bits per heavy atom. The Morgan fingerprint density at radius 2 is 1.08 bits per heavy atom. The second kappa shape index (κ2) is 22.0. The summed E-state index contributed by atoms with van der Waals surface area (Å²) in [4.78, 5) is 47.4.